The van der Waals surface area contributed by atoms with Gasteiger partial charge < -0.3 is 9.79 Å². The van der Waals surface area contributed by atoms with E-state index in [4.69, 9.17) is 0 Å². The maximum Gasteiger partial charge on any atom is 0.340 e. The lowest BCUT2D eigenvalue weighted by atomic mass is 10.0. The number of carbonyl (C=O) groups is 1. The van der Waals surface area contributed by atoms with Crippen LogP contribution < -0.4 is 0 Å². The second kappa shape index (κ2) is 6.19. The minimum Gasteiger partial charge on any atom is -0.324 e. The zero-order valence-corrected chi connectivity index (χ0v) is 12.1. The number of benzene rings is 2. The molecule has 0 radical (unpaired) electrons. The fourth-order valence-corrected chi connectivity index (χ4v) is 3.08. The molecule has 0 spiro atoms. The summed E-state index contributed by atoms with van der Waals surface area (Å²) in [5.41, 5.74) is -1.96. The lowest BCUT2D eigenvalue weighted by Gasteiger charge is -2.17. The van der Waals surface area contributed by atoms with Crippen molar-refractivity contribution in [2.45, 2.75) is 5.66 Å². The molecule has 0 aromatic heterocycles. The Labute approximate surface area is 125 Å². The van der Waals surface area contributed by atoms with E-state index < -0.39 is 24.0 Å². The molecule has 0 amide bonds. The number of nitro benzene ring substituents is 1. The highest BCUT2D eigenvalue weighted by Gasteiger charge is 2.37. The highest BCUT2D eigenvalue weighted by molar-refractivity contribution is 7.53. The number of nitrogens with zero attached hydrogens (tertiary/aromatic N) is 1. The number of hydrogen-bond acceptors (Lipinski definition) is 4. The lowest BCUT2D eigenvalue weighted by molar-refractivity contribution is -0.384. The largest absolute Gasteiger partial charge is 0.340 e. The van der Waals surface area contributed by atoms with Gasteiger partial charge in [0.15, 0.2) is 5.78 Å². The van der Waals surface area contributed by atoms with Crippen LogP contribution >= 0.6 is 7.60 Å². The van der Waals surface area contributed by atoms with Gasteiger partial charge in [0.05, 0.1) is 4.92 Å². The molecule has 0 aliphatic rings. The van der Waals surface area contributed by atoms with Gasteiger partial charge in [-0.3, -0.25) is 19.5 Å². The number of nitro groups is 1. The molecular weight excluding hydrogens is 309 g/mol. The zero-order chi connectivity index (χ0) is 16.3. The van der Waals surface area contributed by atoms with E-state index >= 15 is 0 Å². The third kappa shape index (κ3) is 3.46. The summed E-state index contributed by atoms with van der Waals surface area (Å²) in [5, 5.41) is 10.8. The highest BCUT2D eigenvalue weighted by Crippen LogP contribution is 2.53. The predicted molar refractivity (Wildman–Crippen MR) is 78.7 cm³/mol. The van der Waals surface area contributed by atoms with E-state index in [1.165, 1.54) is 30.3 Å². The molecule has 0 fully saturated rings. The van der Waals surface area contributed by atoms with Crippen LogP contribution in [0.5, 0.6) is 0 Å². The molecule has 2 N–H and O–H groups in total. The molecule has 0 saturated heterocycles. The van der Waals surface area contributed by atoms with E-state index in [0.29, 0.717) is 0 Å². The molecule has 0 aliphatic carbocycles. The minimum atomic E-state index is -4.78. The first-order valence-electron chi connectivity index (χ1n) is 6.19. The summed E-state index contributed by atoms with van der Waals surface area (Å²) in [6.45, 7) is 0. The quantitative estimate of drug-likeness (QED) is 0.378. The summed E-state index contributed by atoms with van der Waals surface area (Å²) < 4.78 is 11.7. The van der Waals surface area contributed by atoms with Crippen molar-refractivity contribution in [3.05, 3.63) is 75.8 Å². The molecule has 22 heavy (non-hydrogen) atoms. The van der Waals surface area contributed by atoms with Gasteiger partial charge in [0, 0.05) is 17.7 Å². The normalized spacial score (nSPS) is 12.6. The van der Waals surface area contributed by atoms with E-state index in [2.05, 4.69) is 0 Å². The van der Waals surface area contributed by atoms with E-state index in [1.807, 2.05) is 0 Å². The van der Waals surface area contributed by atoms with Crippen molar-refractivity contribution in [3.8, 4) is 0 Å². The first kappa shape index (κ1) is 16.0. The Morgan fingerprint density at radius 3 is 2.27 bits per heavy atom. The average molecular weight is 321 g/mol. The van der Waals surface area contributed by atoms with Gasteiger partial charge in [-0.2, -0.15) is 0 Å². The van der Waals surface area contributed by atoms with Crippen LogP contribution in [0.3, 0.4) is 0 Å². The molecule has 2 rings (SSSR count). The van der Waals surface area contributed by atoms with Gasteiger partial charge in [0.1, 0.15) is 5.66 Å². The Hall–Kier alpha value is -2.34. The number of carbonyl (C=O) groups excluding carboxylic acids is 1. The highest BCUT2D eigenvalue weighted by atomic mass is 31.2. The molecular formula is C14H12NO6P. The monoisotopic (exact) mass is 321 g/mol. The van der Waals surface area contributed by atoms with Crippen molar-refractivity contribution < 1.29 is 24.1 Å². The van der Waals surface area contributed by atoms with Gasteiger partial charge in [-0.15, -0.1) is 0 Å². The summed E-state index contributed by atoms with van der Waals surface area (Å²) in [6, 6.07) is 12.4. The lowest BCUT2D eigenvalue weighted by Crippen LogP contribution is -2.13. The van der Waals surface area contributed by atoms with E-state index in [-0.39, 0.29) is 16.8 Å². The molecule has 8 heteroatoms. The standard InChI is InChI=1S/C14H12NO6P/c16-13(11-7-4-8-12(9-11)15(17)18)14(22(19,20)21)10-5-2-1-3-6-10/h1-9,14H,(H2,19,20,21). The van der Waals surface area contributed by atoms with Crippen molar-refractivity contribution in [1.82, 2.24) is 0 Å². The number of Topliss-reactive ketones (excluding diaryl/α,β-unsaturated/α-hetero) is 1. The first-order valence-corrected chi connectivity index (χ1v) is 7.87. The molecule has 1 atom stereocenters. The topological polar surface area (TPSA) is 118 Å². The summed E-state index contributed by atoms with van der Waals surface area (Å²) in [5.74, 6) is -0.858. The summed E-state index contributed by atoms with van der Waals surface area (Å²) >= 11 is 0. The van der Waals surface area contributed by atoms with Gasteiger partial charge >= 0.3 is 7.60 Å². The van der Waals surface area contributed by atoms with E-state index in [0.717, 1.165) is 6.07 Å². The molecule has 2 aromatic carbocycles. The Morgan fingerprint density at radius 2 is 1.73 bits per heavy atom. The third-order valence-electron chi connectivity index (χ3n) is 3.04. The molecule has 2 aromatic rings. The van der Waals surface area contributed by atoms with Gasteiger partial charge in [-0.1, -0.05) is 42.5 Å². The predicted octanol–water partition coefficient (Wildman–Crippen LogP) is 2.70. The molecule has 0 heterocycles. The molecule has 7 nitrogen and oxygen atoms in total. The summed E-state index contributed by atoms with van der Waals surface area (Å²) in [4.78, 5) is 41.5. The summed E-state index contributed by atoms with van der Waals surface area (Å²) in [6.07, 6.45) is 0. The number of ketones is 1. The summed E-state index contributed by atoms with van der Waals surface area (Å²) in [7, 11) is -4.78. The fraction of sp³-hybridized carbons (Fsp3) is 0.0714. The molecule has 1 unspecified atom stereocenters. The van der Waals surface area contributed by atoms with Crippen LogP contribution in [0.4, 0.5) is 5.69 Å². The Bertz CT molecular complexity index is 755. The van der Waals surface area contributed by atoms with E-state index in [1.54, 1.807) is 18.2 Å². The maximum atomic E-state index is 12.5. The second-order valence-electron chi connectivity index (χ2n) is 4.57. The molecule has 0 aliphatic heterocycles. The molecule has 0 saturated carbocycles. The third-order valence-corrected chi connectivity index (χ3v) is 4.25. The smallest absolute Gasteiger partial charge is 0.324 e. The Kier molecular flexibility index (Phi) is 4.51. The van der Waals surface area contributed by atoms with Crippen LogP contribution in [-0.4, -0.2) is 20.5 Å². The van der Waals surface area contributed by atoms with Crippen molar-refractivity contribution in [3.63, 3.8) is 0 Å². The molecule has 0 bridgehead atoms. The first-order chi connectivity index (χ1) is 10.3. The van der Waals surface area contributed by atoms with Crippen LogP contribution in [0.1, 0.15) is 21.6 Å². The minimum absolute atomic E-state index is 0.119. The van der Waals surface area contributed by atoms with Gasteiger partial charge in [-0.05, 0) is 5.56 Å². The van der Waals surface area contributed by atoms with Crippen molar-refractivity contribution in [2.24, 2.45) is 0 Å². The maximum absolute atomic E-state index is 12.5. The van der Waals surface area contributed by atoms with E-state index in [9.17, 15) is 29.3 Å². The number of hydrogen-bond donors (Lipinski definition) is 2. The van der Waals surface area contributed by atoms with Crippen LogP contribution in [-0.2, 0) is 4.57 Å². The van der Waals surface area contributed by atoms with Crippen molar-refractivity contribution in [2.75, 3.05) is 0 Å². The zero-order valence-electron chi connectivity index (χ0n) is 11.2. The fourth-order valence-electron chi connectivity index (χ4n) is 2.06. The van der Waals surface area contributed by atoms with Crippen molar-refractivity contribution >= 4 is 19.1 Å². The Balaban J connectivity index is 2.49. The van der Waals surface area contributed by atoms with Crippen LogP contribution in [0.2, 0.25) is 0 Å². The van der Waals surface area contributed by atoms with Crippen LogP contribution in [0, 0.1) is 10.1 Å². The Morgan fingerprint density at radius 1 is 1.09 bits per heavy atom. The SMILES string of the molecule is O=C(c1cccc([N+](=O)[O-])c1)C(c1ccccc1)P(=O)(O)O. The second-order valence-corrected chi connectivity index (χ2v) is 6.27. The van der Waals surface area contributed by atoms with Crippen LogP contribution in [0.25, 0.3) is 0 Å². The average Bonchev–Trinajstić information content (AvgIpc) is 2.47. The van der Waals surface area contributed by atoms with Gasteiger partial charge in [0.25, 0.3) is 5.69 Å². The van der Waals surface area contributed by atoms with Crippen LogP contribution in [0.15, 0.2) is 54.6 Å². The molecule has 114 valence electrons. The van der Waals surface area contributed by atoms with Gasteiger partial charge in [0.2, 0.25) is 0 Å². The number of rotatable bonds is 5. The number of non-ortho nitro benzene ring substituents is 1. The van der Waals surface area contributed by atoms with Gasteiger partial charge in [-0.25, -0.2) is 0 Å². The van der Waals surface area contributed by atoms with Crippen molar-refractivity contribution in [1.29, 1.82) is 0 Å².